The Morgan fingerprint density at radius 1 is 0.938 bits per heavy atom. The van der Waals surface area contributed by atoms with Crippen LogP contribution in [0.2, 0.25) is 0 Å². The molecule has 1 fully saturated rings. The first-order valence-electron chi connectivity index (χ1n) is 11.0. The number of carbonyl (C=O) groups excluding carboxylic acids is 2. The molecule has 0 unspecified atom stereocenters. The minimum absolute atomic E-state index is 0.171. The van der Waals surface area contributed by atoms with Crippen molar-refractivity contribution in [3.8, 4) is 0 Å². The zero-order chi connectivity index (χ0) is 22.8. The Kier molecular flexibility index (Phi) is 8.62. The van der Waals surface area contributed by atoms with Crippen LogP contribution in [0, 0.1) is 0 Å². The van der Waals surface area contributed by atoms with Crippen LogP contribution in [0.15, 0.2) is 59.6 Å². The number of nitrogens with one attached hydrogen (secondary N) is 2. The Labute approximate surface area is 189 Å². The van der Waals surface area contributed by atoms with Crippen LogP contribution >= 0.6 is 0 Å². The Balaban J connectivity index is 1.53. The van der Waals surface area contributed by atoms with E-state index in [0.29, 0.717) is 12.1 Å². The van der Waals surface area contributed by atoms with Gasteiger partial charge in [0, 0.05) is 44.8 Å². The number of primary amides is 1. The summed E-state index contributed by atoms with van der Waals surface area (Å²) in [7, 11) is 0. The molecular formula is C24H32N6O2. The number of nitrogens with two attached hydrogens (primary N) is 1. The van der Waals surface area contributed by atoms with E-state index in [2.05, 4.69) is 51.6 Å². The van der Waals surface area contributed by atoms with E-state index in [4.69, 9.17) is 10.7 Å². The van der Waals surface area contributed by atoms with Crippen molar-refractivity contribution in [3.63, 3.8) is 0 Å². The van der Waals surface area contributed by atoms with Crippen molar-refractivity contribution in [2.75, 3.05) is 39.3 Å². The van der Waals surface area contributed by atoms with Crippen LogP contribution in [-0.2, 0) is 17.9 Å². The van der Waals surface area contributed by atoms with Crippen molar-refractivity contribution in [2.24, 2.45) is 10.7 Å². The van der Waals surface area contributed by atoms with Crippen molar-refractivity contribution in [1.29, 1.82) is 0 Å². The molecule has 1 aliphatic rings. The Morgan fingerprint density at radius 3 is 2.25 bits per heavy atom. The molecule has 1 saturated heterocycles. The summed E-state index contributed by atoms with van der Waals surface area (Å²) < 4.78 is 0. The van der Waals surface area contributed by atoms with Gasteiger partial charge in [-0.2, -0.15) is 0 Å². The summed E-state index contributed by atoms with van der Waals surface area (Å²) in [6.45, 7) is 8.05. The highest BCUT2D eigenvalue weighted by molar-refractivity contribution is 5.96. The maximum atomic E-state index is 12.0. The molecule has 1 aliphatic heterocycles. The zero-order valence-electron chi connectivity index (χ0n) is 18.6. The maximum absolute atomic E-state index is 12.0. The third-order valence-electron chi connectivity index (χ3n) is 5.31. The van der Waals surface area contributed by atoms with Gasteiger partial charge in [0.05, 0.1) is 13.1 Å². The number of nitrogens with zero attached hydrogens (tertiary/aromatic N) is 3. The minimum Gasteiger partial charge on any atom is -0.368 e. The van der Waals surface area contributed by atoms with E-state index in [1.165, 1.54) is 5.56 Å². The lowest BCUT2D eigenvalue weighted by Gasteiger charge is -2.36. The molecule has 0 atom stereocenters. The second-order valence-electron chi connectivity index (χ2n) is 7.76. The van der Waals surface area contributed by atoms with Gasteiger partial charge in [0.2, 0.25) is 5.91 Å². The summed E-state index contributed by atoms with van der Waals surface area (Å²) >= 11 is 0. The average Bonchev–Trinajstić information content (AvgIpc) is 2.82. The molecule has 1 heterocycles. The summed E-state index contributed by atoms with van der Waals surface area (Å²) in [5.74, 6) is 0.0249. The zero-order valence-corrected chi connectivity index (χ0v) is 18.6. The highest BCUT2D eigenvalue weighted by atomic mass is 16.2. The van der Waals surface area contributed by atoms with Crippen molar-refractivity contribution >= 4 is 17.8 Å². The van der Waals surface area contributed by atoms with Crippen LogP contribution in [0.4, 0.5) is 0 Å². The van der Waals surface area contributed by atoms with E-state index in [1.54, 1.807) is 12.1 Å². The van der Waals surface area contributed by atoms with Gasteiger partial charge >= 0.3 is 0 Å². The van der Waals surface area contributed by atoms with Gasteiger partial charge in [-0.15, -0.1) is 0 Å². The molecule has 32 heavy (non-hydrogen) atoms. The molecule has 0 bridgehead atoms. The highest BCUT2D eigenvalue weighted by Gasteiger charge is 2.19. The van der Waals surface area contributed by atoms with Gasteiger partial charge in [-0.3, -0.25) is 14.5 Å². The van der Waals surface area contributed by atoms with E-state index in [1.807, 2.05) is 18.2 Å². The number of aliphatic imine (C=N–C) groups is 1. The van der Waals surface area contributed by atoms with E-state index in [0.717, 1.165) is 50.8 Å². The first kappa shape index (κ1) is 23.3. The molecule has 0 aromatic heterocycles. The molecule has 2 amide bonds. The second kappa shape index (κ2) is 11.9. The monoisotopic (exact) mass is 436 g/mol. The van der Waals surface area contributed by atoms with E-state index < -0.39 is 5.91 Å². The molecule has 2 aromatic carbocycles. The molecule has 3 rings (SSSR count). The van der Waals surface area contributed by atoms with Gasteiger partial charge in [0.25, 0.3) is 5.91 Å². The number of amides is 2. The Hall–Kier alpha value is -3.39. The van der Waals surface area contributed by atoms with E-state index in [9.17, 15) is 9.59 Å². The van der Waals surface area contributed by atoms with Gasteiger partial charge in [-0.25, -0.2) is 4.99 Å². The average molecular weight is 437 g/mol. The smallest absolute Gasteiger partial charge is 0.251 e. The van der Waals surface area contributed by atoms with Crippen LogP contribution in [0.5, 0.6) is 0 Å². The molecular weight excluding hydrogens is 404 g/mol. The topological polar surface area (TPSA) is 103 Å². The lowest BCUT2D eigenvalue weighted by atomic mass is 10.1. The fraction of sp³-hybridized carbons (Fsp3) is 0.375. The van der Waals surface area contributed by atoms with E-state index >= 15 is 0 Å². The summed E-state index contributed by atoms with van der Waals surface area (Å²) in [6.07, 6.45) is 0. The quantitative estimate of drug-likeness (QED) is 0.426. The number of hydrogen-bond donors (Lipinski definition) is 3. The predicted octanol–water partition coefficient (Wildman–Crippen LogP) is 1.19. The molecule has 8 nitrogen and oxygen atoms in total. The summed E-state index contributed by atoms with van der Waals surface area (Å²) in [4.78, 5) is 32.4. The fourth-order valence-electron chi connectivity index (χ4n) is 3.58. The number of piperazine rings is 1. The third-order valence-corrected chi connectivity index (χ3v) is 5.31. The van der Waals surface area contributed by atoms with Crippen LogP contribution < -0.4 is 16.4 Å². The molecule has 0 spiro atoms. The van der Waals surface area contributed by atoms with Crippen LogP contribution in [0.3, 0.4) is 0 Å². The molecule has 0 saturated carbocycles. The molecule has 0 aliphatic carbocycles. The number of carbonyl (C=O) groups is 2. The molecule has 4 N–H and O–H groups in total. The summed E-state index contributed by atoms with van der Waals surface area (Å²) in [5, 5.41) is 5.88. The normalized spacial score (nSPS) is 14.8. The molecule has 170 valence electrons. The summed E-state index contributed by atoms with van der Waals surface area (Å²) in [5.41, 5.74) is 7.89. The van der Waals surface area contributed by atoms with Gasteiger partial charge in [0.15, 0.2) is 5.96 Å². The SMILES string of the molecule is CCNC(=NCc1ccc(C(=O)NCC(N)=O)cc1)N1CCN(Cc2ccccc2)CC1. The largest absolute Gasteiger partial charge is 0.368 e. The van der Waals surface area contributed by atoms with Gasteiger partial charge < -0.3 is 21.3 Å². The van der Waals surface area contributed by atoms with Crippen LogP contribution in [0.25, 0.3) is 0 Å². The molecule has 8 heteroatoms. The maximum Gasteiger partial charge on any atom is 0.251 e. The second-order valence-corrected chi connectivity index (χ2v) is 7.76. The number of guanidine groups is 1. The first-order chi connectivity index (χ1) is 15.5. The van der Waals surface area contributed by atoms with E-state index in [-0.39, 0.29) is 12.5 Å². The van der Waals surface area contributed by atoms with Gasteiger partial charge in [0.1, 0.15) is 0 Å². The van der Waals surface area contributed by atoms with Crippen LogP contribution in [-0.4, -0.2) is 66.8 Å². The lowest BCUT2D eigenvalue weighted by molar-refractivity contribution is -0.117. The van der Waals surface area contributed by atoms with Crippen molar-refractivity contribution in [3.05, 3.63) is 71.3 Å². The highest BCUT2D eigenvalue weighted by Crippen LogP contribution is 2.10. The molecule has 0 radical (unpaired) electrons. The van der Waals surface area contributed by atoms with Crippen molar-refractivity contribution in [2.45, 2.75) is 20.0 Å². The summed E-state index contributed by atoms with van der Waals surface area (Å²) in [6, 6.07) is 17.8. The minimum atomic E-state index is -0.568. The fourth-order valence-corrected chi connectivity index (χ4v) is 3.58. The van der Waals surface area contributed by atoms with Crippen LogP contribution in [0.1, 0.15) is 28.4 Å². The molecule has 2 aromatic rings. The standard InChI is InChI=1S/C24H32N6O2/c1-2-26-24(30-14-12-29(13-15-30)18-20-6-4-3-5-7-20)28-16-19-8-10-21(11-9-19)23(32)27-17-22(25)31/h3-11H,2,12-18H2,1H3,(H2,25,31)(H,26,28)(H,27,32). The van der Waals surface area contributed by atoms with Crippen molar-refractivity contribution in [1.82, 2.24) is 20.4 Å². The van der Waals surface area contributed by atoms with Gasteiger partial charge in [-0.05, 0) is 30.2 Å². The first-order valence-corrected chi connectivity index (χ1v) is 11.0. The third kappa shape index (κ3) is 7.09. The lowest BCUT2D eigenvalue weighted by Crippen LogP contribution is -2.52. The number of hydrogen-bond acceptors (Lipinski definition) is 4. The number of benzene rings is 2. The van der Waals surface area contributed by atoms with Crippen molar-refractivity contribution < 1.29 is 9.59 Å². The predicted molar refractivity (Wildman–Crippen MR) is 126 cm³/mol. The Morgan fingerprint density at radius 2 is 1.62 bits per heavy atom. The number of rotatable bonds is 8. The Bertz CT molecular complexity index is 906. The van der Waals surface area contributed by atoms with Gasteiger partial charge in [-0.1, -0.05) is 42.5 Å².